The molecule has 1 aromatic heterocycles. The van der Waals surface area contributed by atoms with Crippen LogP contribution in [0, 0.1) is 5.82 Å². The van der Waals surface area contributed by atoms with Gasteiger partial charge in [-0.1, -0.05) is 30.3 Å². The van der Waals surface area contributed by atoms with Gasteiger partial charge in [-0.25, -0.2) is 9.18 Å². The molecule has 0 aliphatic heterocycles. The highest BCUT2D eigenvalue weighted by molar-refractivity contribution is 5.99. The standard InChI is InChI=1S/C21H17FN2O4/c1-13(25)15-11-18(23-12-15)21(27)28-19(14-5-3-2-4-6-14)20(26)24-17-9-7-16(22)8-10-17/h2-12,19,23H,1H3,(H,24,26)/t19-/m1/s1. The number of aromatic amines is 1. The lowest BCUT2D eigenvalue weighted by Gasteiger charge is -2.17. The van der Waals surface area contributed by atoms with E-state index in [1.54, 1.807) is 30.3 Å². The topological polar surface area (TPSA) is 88.3 Å². The van der Waals surface area contributed by atoms with Crippen molar-refractivity contribution in [1.29, 1.82) is 0 Å². The van der Waals surface area contributed by atoms with Gasteiger partial charge in [0.15, 0.2) is 5.78 Å². The quantitative estimate of drug-likeness (QED) is 0.502. The average Bonchev–Trinajstić information content (AvgIpc) is 3.19. The van der Waals surface area contributed by atoms with Crippen LogP contribution in [0.5, 0.6) is 0 Å². The summed E-state index contributed by atoms with van der Waals surface area (Å²) in [5.74, 6) is -2.01. The first-order valence-corrected chi connectivity index (χ1v) is 8.46. The van der Waals surface area contributed by atoms with Crippen LogP contribution in [-0.4, -0.2) is 22.6 Å². The molecule has 7 heteroatoms. The Labute approximate surface area is 160 Å². The van der Waals surface area contributed by atoms with Crippen LogP contribution in [0.3, 0.4) is 0 Å². The SMILES string of the molecule is CC(=O)c1c[nH]c(C(=O)O[C@@H](C(=O)Nc2ccc(F)cc2)c2ccccc2)c1. The van der Waals surface area contributed by atoms with Crippen LogP contribution < -0.4 is 5.32 Å². The minimum Gasteiger partial charge on any atom is -0.443 e. The van der Waals surface area contributed by atoms with Crippen molar-refractivity contribution < 1.29 is 23.5 Å². The summed E-state index contributed by atoms with van der Waals surface area (Å²) >= 11 is 0. The van der Waals surface area contributed by atoms with Gasteiger partial charge >= 0.3 is 5.97 Å². The molecule has 2 aromatic carbocycles. The number of amides is 1. The Morgan fingerprint density at radius 3 is 2.32 bits per heavy atom. The van der Waals surface area contributed by atoms with Gasteiger partial charge in [0, 0.05) is 23.0 Å². The molecule has 0 bridgehead atoms. The summed E-state index contributed by atoms with van der Waals surface area (Å²) in [5.41, 5.74) is 1.22. The van der Waals surface area contributed by atoms with E-state index in [9.17, 15) is 18.8 Å². The number of carbonyl (C=O) groups is 3. The van der Waals surface area contributed by atoms with Gasteiger partial charge in [0.2, 0.25) is 6.10 Å². The van der Waals surface area contributed by atoms with E-state index in [0.29, 0.717) is 16.8 Å². The van der Waals surface area contributed by atoms with Crippen molar-refractivity contribution in [3.8, 4) is 0 Å². The van der Waals surface area contributed by atoms with E-state index in [-0.39, 0.29) is 11.5 Å². The molecule has 1 atom stereocenters. The van der Waals surface area contributed by atoms with Crippen molar-refractivity contribution in [2.24, 2.45) is 0 Å². The zero-order valence-electron chi connectivity index (χ0n) is 14.9. The first-order chi connectivity index (χ1) is 13.4. The molecule has 0 aliphatic carbocycles. The van der Waals surface area contributed by atoms with Crippen LogP contribution in [0.2, 0.25) is 0 Å². The highest BCUT2D eigenvalue weighted by Crippen LogP contribution is 2.22. The Hall–Kier alpha value is -3.74. The fraction of sp³-hybridized carbons (Fsp3) is 0.0952. The summed E-state index contributed by atoms with van der Waals surface area (Å²) in [7, 11) is 0. The molecule has 0 spiro atoms. The molecule has 0 saturated carbocycles. The Morgan fingerprint density at radius 1 is 1.04 bits per heavy atom. The van der Waals surface area contributed by atoms with Gasteiger partial charge in [-0.3, -0.25) is 9.59 Å². The second-order valence-electron chi connectivity index (χ2n) is 6.05. The van der Waals surface area contributed by atoms with Crippen molar-refractivity contribution in [2.45, 2.75) is 13.0 Å². The zero-order valence-corrected chi connectivity index (χ0v) is 14.9. The Kier molecular flexibility index (Phi) is 5.64. The van der Waals surface area contributed by atoms with E-state index >= 15 is 0 Å². The van der Waals surface area contributed by atoms with Crippen LogP contribution in [0.4, 0.5) is 10.1 Å². The van der Waals surface area contributed by atoms with Gasteiger partial charge in [-0.05, 0) is 37.3 Å². The minimum atomic E-state index is -1.23. The smallest absolute Gasteiger partial charge is 0.355 e. The molecule has 1 amide bonds. The number of ketones is 1. The van der Waals surface area contributed by atoms with Crippen molar-refractivity contribution in [3.05, 3.63) is 89.5 Å². The first-order valence-electron chi connectivity index (χ1n) is 8.46. The summed E-state index contributed by atoms with van der Waals surface area (Å²) in [4.78, 5) is 39.3. The van der Waals surface area contributed by atoms with Crippen molar-refractivity contribution in [3.63, 3.8) is 0 Å². The van der Waals surface area contributed by atoms with E-state index < -0.39 is 23.8 Å². The highest BCUT2D eigenvalue weighted by atomic mass is 19.1. The van der Waals surface area contributed by atoms with Gasteiger partial charge in [-0.2, -0.15) is 0 Å². The van der Waals surface area contributed by atoms with E-state index in [1.165, 1.54) is 43.5 Å². The van der Waals surface area contributed by atoms with Gasteiger partial charge in [-0.15, -0.1) is 0 Å². The molecular weight excluding hydrogens is 363 g/mol. The van der Waals surface area contributed by atoms with Crippen LogP contribution in [0.15, 0.2) is 66.9 Å². The summed E-state index contributed by atoms with van der Waals surface area (Å²) in [6.07, 6.45) is 0.164. The van der Waals surface area contributed by atoms with E-state index in [4.69, 9.17) is 4.74 Å². The number of nitrogens with one attached hydrogen (secondary N) is 2. The van der Waals surface area contributed by atoms with Crippen molar-refractivity contribution >= 4 is 23.3 Å². The number of anilines is 1. The molecular formula is C21H17FN2O4. The van der Waals surface area contributed by atoms with E-state index in [1.807, 2.05) is 0 Å². The second-order valence-corrected chi connectivity index (χ2v) is 6.05. The van der Waals surface area contributed by atoms with E-state index in [0.717, 1.165) is 0 Å². The number of Topliss-reactive ketones (excluding diaryl/α,β-unsaturated/α-hetero) is 1. The molecule has 0 fully saturated rings. The fourth-order valence-electron chi connectivity index (χ4n) is 2.53. The zero-order chi connectivity index (χ0) is 20.1. The summed E-state index contributed by atoms with van der Waals surface area (Å²) in [5, 5.41) is 2.60. The number of aromatic nitrogens is 1. The number of carbonyl (C=O) groups excluding carboxylic acids is 3. The monoisotopic (exact) mass is 380 g/mol. The van der Waals surface area contributed by atoms with Gasteiger partial charge in [0.1, 0.15) is 11.5 Å². The molecule has 0 aliphatic rings. The highest BCUT2D eigenvalue weighted by Gasteiger charge is 2.26. The molecule has 1 heterocycles. The molecule has 3 rings (SSSR count). The maximum atomic E-state index is 13.1. The van der Waals surface area contributed by atoms with Crippen molar-refractivity contribution in [2.75, 3.05) is 5.32 Å². The molecule has 0 radical (unpaired) electrons. The number of rotatable bonds is 6. The number of hydrogen-bond acceptors (Lipinski definition) is 4. The largest absolute Gasteiger partial charge is 0.443 e. The third-order valence-corrected chi connectivity index (χ3v) is 3.99. The number of hydrogen-bond donors (Lipinski definition) is 2. The lowest BCUT2D eigenvalue weighted by Crippen LogP contribution is -2.26. The Morgan fingerprint density at radius 2 is 1.71 bits per heavy atom. The summed E-state index contributed by atoms with van der Waals surface area (Å²) in [6.45, 7) is 1.38. The van der Waals surface area contributed by atoms with Gasteiger partial charge in [0.05, 0.1) is 0 Å². The molecule has 28 heavy (non-hydrogen) atoms. The number of benzene rings is 2. The average molecular weight is 380 g/mol. The first kappa shape index (κ1) is 19.0. The van der Waals surface area contributed by atoms with Crippen LogP contribution in [0.25, 0.3) is 0 Å². The van der Waals surface area contributed by atoms with Crippen LogP contribution in [-0.2, 0) is 9.53 Å². The molecule has 3 aromatic rings. The number of H-pyrrole nitrogens is 1. The Bertz CT molecular complexity index is 997. The molecule has 2 N–H and O–H groups in total. The predicted molar refractivity (Wildman–Crippen MR) is 100 cm³/mol. The lowest BCUT2D eigenvalue weighted by molar-refractivity contribution is -0.125. The summed E-state index contributed by atoms with van der Waals surface area (Å²) in [6, 6.07) is 15.1. The maximum absolute atomic E-state index is 13.1. The predicted octanol–water partition coefficient (Wildman–Crippen LogP) is 3.89. The molecule has 6 nitrogen and oxygen atoms in total. The molecule has 0 unspecified atom stereocenters. The maximum Gasteiger partial charge on any atom is 0.355 e. The molecule has 142 valence electrons. The number of esters is 1. The van der Waals surface area contributed by atoms with Gasteiger partial charge < -0.3 is 15.0 Å². The molecule has 0 saturated heterocycles. The third kappa shape index (κ3) is 4.50. The van der Waals surface area contributed by atoms with Gasteiger partial charge in [0.25, 0.3) is 5.91 Å². The Balaban J connectivity index is 1.82. The van der Waals surface area contributed by atoms with Crippen LogP contribution in [0.1, 0.15) is 39.4 Å². The van der Waals surface area contributed by atoms with E-state index in [2.05, 4.69) is 10.3 Å². The van der Waals surface area contributed by atoms with Crippen LogP contribution >= 0.6 is 0 Å². The number of halogens is 1. The second kappa shape index (κ2) is 8.30. The van der Waals surface area contributed by atoms with Crippen molar-refractivity contribution in [1.82, 2.24) is 4.98 Å². The normalized spacial score (nSPS) is 11.5. The fourth-order valence-corrected chi connectivity index (χ4v) is 2.53. The minimum absolute atomic E-state index is 0.0562. The lowest BCUT2D eigenvalue weighted by atomic mass is 10.1. The summed E-state index contributed by atoms with van der Waals surface area (Å²) < 4.78 is 18.5. The number of ether oxygens (including phenoxy) is 1. The third-order valence-electron chi connectivity index (χ3n) is 3.99.